The van der Waals surface area contributed by atoms with E-state index in [2.05, 4.69) is 5.32 Å². The quantitative estimate of drug-likeness (QED) is 0.529. The number of anilines is 1. The maximum Gasteiger partial charge on any atom is 0.293 e. The third-order valence-electron chi connectivity index (χ3n) is 5.46. The molecule has 2 aliphatic rings. The molecule has 1 fully saturated rings. The van der Waals surface area contributed by atoms with Crippen molar-refractivity contribution < 1.29 is 17.7 Å². The minimum absolute atomic E-state index is 0.0766. The molecule has 2 aromatic rings. The molecule has 4 rings (SSSR count). The fourth-order valence-corrected chi connectivity index (χ4v) is 6.55. The smallest absolute Gasteiger partial charge is 0.293 e. The van der Waals surface area contributed by atoms with Crippen LogP contribution in [-0.4, -0.2) is 36.5 Å². The summed E-state index contributed by atoms with van der Waals surface area (Å²) in [5.41, 5.74) is 0.680. The van der Waals surface area contributed by atoms with Crippen LogP contribution in [0.2, 0.25) is 0 Å². The largest absolute Gasteiger partial charge is 0.373 e. The summed E-state index contributed by atoms with van der Waals surface area (Å²) >= 11 is 1.62. The van der Waals surface area contributed by atoms with Crippen molar-refractivity contribution in [2.24, 2.45) is 0 Å². The first-order valence-electron chi connectivity index (χ1n) is 9.83. The molecule has 0 saturated carbocycles. The number of fused-ring (bicyclic) bond motifs is 1. The zero-order valence-electron chi connectivity index (χ0n) is 16.2. The van der Waals surface area contributed by atoms with E-state index in [1.807, 2.05) is 0 Å². The number of sulfonamides is 1. The van der Waals surface area contributed by atoms with Crippen molar-refractivity contribution in [2.75, 3.05) is 24.2 Å². The van der Waals surface area contributed by atoms with Gasteiger partial charge in [-0.1, -0.05) is 6.42 Å². The average molecular weight is 452 g/mol. The molecule has 2 heterocycles. The zero-order valence-corrected chi connectivity index (χ0v) is 17.8. The molecule has 160 valence electrons. The van der Waals surface area contributed by atoms with Gasteiger partial charge in [0.25, 0.3) is 5.69 Å². The first-order chi connectivity index (χ1) is 14.4. The molecule has 10 heteroatoms. The summed E-state index contributed by atoms with van der Waals surface area (Å²) in [4.78, 5) is 12.0. The zero-order chi connectivity index (χ0) is 21.3. The lowest BCUT2D eigenvalue weighted by atomic mass is 10.0. The van der Waals surface area contributed by atoms with E-state index in [-0.39, 0.29) is 28.1 Å². The van der Waals surface area contributed by atoms with E-state index in [9.17, 15) is 22.9 Å². The van der Waals surface area contributed by atoms with Crippen LogP contribution < -0.4 is 5.32 Å². The second kappa shape index (κ2) is 8.52. The first-order valence-corrected chi connectivity index (χ1v) is 12.3. The van der Waals surface area contributed by atoms with E-state index in [0.29, 0.717) is 19.5 Å². The van der Waals surface area contributed by atoms with E-state index in [4.69, 9.17) is 0 Å². The molecule has 0 bridgehead atoms. The molecule has 1 atom stereocenters. The van der Waals surface area contributed by atoms with Gasteiger partial charge in [0.05, 0.1) is 15.9 Å². The Morgan fingerprint density at radius 2 is 1.90 bits per heavy atom. The lowest BCUT2D eigenvalue weighted by Gasteiger charge is -2.27. The number of nitro benzene ring substituents is 1. The number of nitrogens with one attached hydrogen (secondary N) is 1. The van der Waals surface area contributed by atoms with Crippen LogP contribution in [0, 0.1) is 15.9 Å². The Balaban J connectivity index is 1.66. The normalized spacial score (nSPS) is 19.8. The van der Waals surface area contributed by atoms with Crippen molar-refractivity contribution in [1.29, 1.82) is 0 Å². The average Bonchev–Trinajstić information content (AvgIpc) is 2.75. The summed E-state index contributed by atoms with van der Waals surface area (Å²) in [6, 6.07) is 8.23. The molecular weight excluding hydrogens is 429 g/mol. The first kappa shape index (κ1) is 21.1. The summed E-state index contributed by atoms with van der Waals surface area (Å²) < 4.78 is 41.0. The Labute approximate surface area is 178 Å². The van der Waals surface area contributed by atoms with Crippen molar-refractivity contribution in [1.82, 2.24) is 4.31 Å². The number of benzene rings is 2. The molecule has 0 amide bonds. The number of piperidine rings is 1. The Morgan fingerprint density at radius 3 is 2.63 bits per heavy atom. The molecule has 0 radical (unpaired) electrons. The van der Waals surface area contributed by atoms with Crippen LogP contribution >= 0.6 is 11.8 Å². The van der Waals surface area contributed by atoms with E-state index in [0.717, 1.165) is 41.5 Å². The van der Waals surface area contributed by atoms with Crippen molar-refractivity contribution in [2.45, 2.75) is 41.5 Å². The highest BCUT2D eigenvalue weighted by Crippen LogP contribution is 2.40. The summed E-state index contributed by atoms with van der Waals surface area (Å²) in [6.45, 7) is 0.858. The summed E-state index contributed by atoms with van der Waals surface area (Å²) in [7, 11) is -3.77. The molecule has 1 unspecified atom stereocenters. The lowest BCUT2D eigenvalue weighted by molar-refractivity contribution is -0.384. The second-order valence-electron chi connectivity index (χ2n) is 7.42. The molecule has 0 aromatic heterocycles. The second-order valence-corrected chi connectivity index (χ2v) is 10.5. The standard InChI is InChI=1S/C20H22FN3O4S2/c21-14-4-7-20-16(12-14)17(8-11-29-20)22-18-6-5-15(13-19(18)24(25)26)30(27,28)23-9-2-1-3-10-23/h4-7,12-13,17,22H,1-3,8-11H2. The Morgan fingerprint density at radius 1 is 1.13 bits per heavy atom. The summed E-state index contributed by atoms with van der Waals surface area (Å²) in [5.74, 6) is 0.437. The minimum atomic E-state index is -3.77. The van der Waals surface area contributed by atoms with Crippen LogP contribution in [0.1, 0.15) is 37.3 Å². The van der Waals surface area contributed by atoms with Gasteiger partial charge < -0.3 is 5.32 Å². The third-order valence-corrected chi connectivity index (χ3v) is 8.48. The van der Waals surface area contributed by atoms with Crippen molar-refractivity contribution in [3.63, 3.8) is 0 Å². The molecule has 0 spiro atoms. The van der Waals surface area contributed by atoms with Crippen LogP contribution in [0.5, 0.6) is 0 Å². The van der Waals surface area contributed by atoms with Gasteiger partial charge in [0.2, 0.25) is 10.0 Å². The summed E-state index contributed by atoms with van der Waals surface area (Å²) in [6.07, 6.45) is 3.23. The molecule has 1 saturated heterocycles. The Bertz CT molecular complexity index is 1070. The number of nitro groups is 1. The van der Waals surface area contributed by atoms with E-state index >= 15 is 0 Å². The number of halogens is 1. The van der Waals surface area contributed by atoms with Gasteiger partial charge in [-0.05, 0) is 55.2 Å². The molecule has 0 aliphatic carbocycles. The maximum absolute atomic E-state index is 13.8. The van der Waals surface area contributed by atoms with Gasteiger partial charge in [-0.2, -0.15) is 4.31 Å². The van der Waals surface area contributed by atoms with E-state index in [1.165, 1.54) is 28.6 Å². The number of hydrogen-bond donors (Lipinski definition) is 1. The Kier molecular flexibility index (Phi) is 5.99. The van der Waals surface area contributed by atoms with Crippen molar-refractivity contribution in [3.8, 4) is 0 Å². The number of hydrogen-bond acceptors (Lipinski definition) is 6. The van der Waals surface area contributed by atoms with Gasteiger partial charge in [0.1, 0.15) is 11.5 Å². The molecule has 2 aromatic carbocycles. The van der Waals surface area contributed by atoms with Crippen molar-refractivity contribution >= 4 is 33.2 Å². The van der Waals surface area contributed by atoms with Crippen molar-refractivity contribution in [3.05, 3.63) is 57.9 Å². The SMILES string of the molecule is O=[N+]([O-])c1cc(S(=O)(=O)N2CCCCC2)ccc1NC1CCSc2ccc(F)cc21. The van der Waals surface area contributed by atoms with Gasteiger partial charge in [-0.15, -0.1) is 11.8 Å². The fourth-order valence-electron chi connectivity index (χ4n) is 3.90. The summed E-state index contributed by atoms with van der Waals surface area (Å²) in [5, 5.41) is 14.9. The molecule has 30 heavy (non-hydrogen) atoms. The van der Waals surface area contributed by atoms with Crippen LogP contribution in [-0.2, 0) is 10.0 Å². The van der Waals surface area contributed by atoms with Crippen LogP contribution in [0.3, 0.4) is 0 Å². The topological polar surface area (TPSA) is 92.5 Å². The monoisotopic (exact) mass is 451 g/mol. The predicted octanol–water partition coefficient (Wildman–Crippen LogP) is 4.56. The highest BCUT2D eigenvalue weighted by molar-refractivity contribution is 7.99. The third kappa shape index (κ3) is 4.17. The predicted molar refractivity (Wildman–Crippen MR) is 114 cm³/mol. The molecular formula is C20H22FN3O4S2. The van der Waals surface area contributed by atoms with Gasteiger partial charge in [0, 0.05) is 29.8 Å². The maximum atomic E-state index is 13.8. The van der Waals surface area contributed by atoms with Gasteiger partial charge in [-0.3, -0.25) is 10.1 Å². The van der Waals surface area contributed by atoms with E-state index in [1.54, 1.807) is 17.8 Å². The van der Waals surface area contributed by atoms with Gasteiger partial charge in [-0.25, -0.2) is 12.8 Å². The number of rotatable bonds is 5. The van der Waals surface area contributed by atoms with Gasteiger partial charge in [0.15, 0.2) is 0 Å². The lowest BCUT2D eigenvalue weighted by Crippen LogP contribution is -2.35. The fraction of sp³-hybridized carbons (Fsp3) is 0.400. The molecule has 2 aliphatic heterocycles. The van der Waals surface area contributed by atoms with Crippen LogP contribution in [0.15, 0.2) is 46.2 Å². The van der Waals surface area contributed by atoms with Crippen LogP contribution in [0.25, 0.3) is 0 Å². The highest BCUT2D eigenvalue weighted by atomic mass is 32.2. The molecule has 7 nitrogen and oxygen atoms in total. The van der Waals surface area contributed by atoms with Gasteiger partial charge >= 0.3 is 0 Å². The number of nitrogens with zero attached hydrogens (tertiary/aromatic N) is 2. The number of thioether (sulfide) groups is 1. The Hall–Kier alpha value is -2.17. The highest BCUT2D eigenvalue weighted by Gasteiger charge is 2.30. The van der Waals surface area contributed by atoms with E-state index < -0.39 is 14.9 Å². The molecule has 1 N–H and O–H groups in total. The minimum Gasteiger partial charge on any atom is -0.373 e. The van der Waals surface area contributed by atoms with Crippen LogP contribution in [0.4, 0.5) is 15.8 Å².